The van der Waals surface area contributed by atoms with E-state index in [-0.39, 0.29) is 0 Å². The minimum Gasteiger partial charge on any atom is -0.313 e. The van der Waals surface area contributed by atoms with Crippen LogP contribution in [0.3, 0.4) is 0 Å². The summed E-state index contributed by atoms with van der Waals surface area (Å²) in [6.07, 6.45) is 7.48. The molecule has 0 aliphatic heterocycles. The average molecular weight is 277 g/mol. The molecule has 3 nitrogen and oxygen atoms in total. The lowest BCUT2D eigenvalue weighted by Gasteiger charge is -2.17. The van der Waals surface area contributed by atoms with Crippen LogP contribution in [-0.4, -0.2) is 22.4 Å². The van der Waals surface area contributed by atoms with E-state index in [1.807, 2.05) is 10.9 Å². The van der Waals surface area contributed by atoms with E-state index in [0.717, 1.165) is 25.9 Å². The van der Waals surface area contributed by atoms with Crippen LogP contribution >= 0.6 is 11.3 Å². The Bertz CT molecular complexity index is 461. The Kier molecular flexibility index (Phi) is 5.61. The van der Waals surface area contributed by atoms with Gasteiger partial charge in [-0.25, -0.2) is 0 Å². The molecule has 4 heteroatoms. The monoisotopic (exact) mass is 277 g/mol. The van der Waals surface area contributed by atoms with Crippen molar-refractivity contribution in [3.63, 3.8) is 0 Å². The molecule has 0 amide bonds. The maximum atomic E-state index is 4.36. The van der Waals surface area contributed by atoms with Crippen molar-refractivity contribution in [1.82, 2.24) is 15.1 Å². The largest absolute Gasteiger partial charge is 0.313 e. The molecule has 2 rings (SSSR count). The molecule has 1 unspecified atom stereocenters. The highest BCUT2D eigenvalue weighted by molar-refractivity contribution is 7.07. The van der Waals surface area contributed by atoms with Crippen LogP contribution < -0.4 is 5.32 Å². The fraction of sp³-hybridized carbons (Fsp3) is 0.533. The van der Waals surface area contributed by atoms with Crippen molar-refractivity contribution in [1.29, 1.82) is 0 Å². The van der Waals surface area contributed by atoms with Gasteiger partial charge in [-0.15, -0.1) is 0 Å². The number of hydrogen-bond donors (Lipinski definition) is 1. The molecular formula is C15H23N3S. The van der Waals surface area contributed by atoms with E-state index in [4.69, 9.17) is 0 Å². The van der Waals surface area contributed by atoms with E-state index in [1.54, 1.807) is 11.3 Å². The van der Waals surface area contributed by atoms with Crippen molar-refractivity contribution in [2.45, 2.75) is 45.7 Å². The molecule has 1 atom stereocenters. The lowest BCUT2D eigenvalue weighted by atomic mass is 10.0. The Labute approximate surface area is 119 Å². The molecule has 2 aromatic rings. The first-order chi connectivity index (χ1) is 9.31. The number of rotatable bonds is 8. The van der Waals surface area contributed by atoms with Gasteiger partial charge in [-0.2, -0.15) is 16.4 Å². The van der Waals surface area contributed by atoms with E-state index >= 15 is 0 Å². The van der Waals surface area contributed by atoms with Gasteiger partial charge in [0.1, 0.15) is 0 Å². The molecule has 0 saturated carbocycles. The normalized spacial score (nSPS) is 12.7. The Morgan fingerprint density at radius 1 is 1.32 bits per heavy atom. The van der Waals surface area contributed by atoms with Crippen molar-refractivity contribution < 1.29 is 0 Å². The second kappa shape index (κ2) is 7.46. The van der Waals surface area contributed by atoms with Crippen LogP contribution in [0.4, 0.5) is 0 Å². The maximum absolute atomic E-state index is 4.36. The van der Waals surface area contributed by atoms with Crippen molar-refractivity contribution in [2.75, 3.05) is 6.54 Å². The standard InChI is InChI=1S/C15H23N3S/c1-3-6-16-15(8-13-5-7-19-12-13)9-14-10-17-18(4-2)11-14/h5,7,10-12,15-16H,3-4,6,8-9H2,1-2H3. The highest BCUT2D eigenvalue weighted by Crippen LogP contribution is 2.12. The van der Waals surface area contributed by atoms with E-state index in [2.05, 4.69) is 47.3 Å². The van der Waals surface area contributed by atoms with Crippen LogP contribution in [0.1, 0.15) is 31.4 Å². The quantitative estimate of drug-likeness (QED) is 0.803. The Morgan fingerprint density at radius 2 is 2.16 bits per heavy atom. The molecule has 0 spiro atoms. The Balaban J connectivity index is 1.96. The van der Waals surface area contributed by atoms with Crippen LogP contribution in [0.25, 0.3) is 0 Å². The summed E-state index contributed by atoms with van der Waals surface area (Å²) in [4.78, 5) is 0. The summed E-state index contributed by atoms with van der Waals surface area (Å²) in [6, 6.07) is 2.73. The van der Waals surface area contributed by atoms with E-state index in [1.165, 1.54) is 17.5 Å². The first-order valence-corrected chi connectivity index (χ1v) is 8.01. The van der Waals surface area contributed by atoms with Crippen molar-refractivity contribution in [2.24, 2.45) is 0 Å². The lowest BCUT2D eigenvalue weighted by molar-refractivity contribution is 0.505. The van der Waals surface area contributed by atoms with Crippen LogP contribution in [0.2, 0.25) is 0 Å². The molecule has 0 aliphatic carbocycles. The van der Waals surface area contributed by atoms with E-state index in [0.29, 0.717) is 6.04 Å². The second-order valence-electron chi connectivity index (χ2n) is 4.90. The number of aryl methyl sites for hydroxylation is 1. The van der Waals surface area contributed by atoms with Crippen molar-refractivity contribution in [3.05, 3.63) is 40.3 Å². The lowest BCUT2D eigenvalue weighted by Crippen LogP contribution is -2.33. The minimum absolute atomic E-state index is 0.504. The summed E-state index contributed by atoms with van der Waals surface area (Å²) >= 11 is 1.78. The van der Waals surface area contributed by atoms with Gasteiger partial charge >= 0.3 is 0 Å². The third kappa shape index (κ3) is 4.48. The molecule has 0 saturated heterocycles. The fourth-order valence-electron chi connectivity index (χ4n) is 2.23. The van der Waals surface area contributed by atoms with Crippen molar-refractivity contribution in [3.8, 4) is 0 Å². The average Bonchev–Trinajstić information content (AvgIpc) is 3.07. The van der Waals surface area contributed by atoms with Gasteiger partial charge in [0.2, 0.25) is 0 Å². The number of hydrogen-bond acceptors (Lipinski definition) is 3. The number of nitrogens with one attached hydrogen (secondary N) is 1. The van der Waals surface area contributed by atoms with Gasteiger partial charge in [0.25, 0.3) is 0 Å². The zero-order valence-electron chi connectivity index (χ0n) is 11.8. The summed E-state index contributed by atoms with van der Waals surface area (Å²) in [6.45, 7) is 6.35. The van der Waals surface area contributed by atoms with Gasteiger partial charge in [-0.3, -0.25) is 4.68 Å². The molecule has 2 aromatic heterocycles. The molecule has 1 N–H and O–H groups in total. The number of aromatic nitrogens is 2. The summed E-state index contributed by atoms with van der Waals surface area (Å²) in [5.41, 5.74) is 2.76. The molecule has 19 heavy (non-hydrogen) atoms. The number of nitrogens with zero attached hydrogens (tertiary/aromatic N) is 2. The van der Waals surface area contributed by atoms with Gasteiger partial charge in [0, 0.05) is 18.8 Å². The van der Waals surface area contributed by atoms with E-state index < -0.39 is 0 Å². The Hall–Kier alpha value is -1.13. The smallest absolute Gasteiger partial charge is 0.0522 e. The van der Waals surface area contributed by atoms with Gasteiger partial charge < -0.3 is 5.32 Å². The molecular weight excluding hydrogens is 254 g/mol. The van der Waals surface area contributed by atoms with Gasteiger partial charge in [0.05, 0.1) is 6.20 Å². The topological polar surface area (TPSA) is 29.9 Å². The zero-order chi connectivity index (χ0) is 13.5. The summed E-state index contributed by atoms with van der Waals surface area (Å²) in [5.74, 6) is 0. The highest BCUT2D eigenvalue weighted by atomic mass is 32.1. The molecule has 0 aliphatic rings. The molecule has 0 radical (unpaired) electrons. The van der Waals surface area contributed by atoms with Crippen LogP contribution in [0, 0.1) is 0 Å². The molecule has 0 aromatic carbocycles. The first kappa shape index (κ1) is 14.3. The molecule has 2 heterocycles. The minimum atomic E-state index is 0.504. The second-order valence-corrected chi connectivity index (χ2v) is 5.68. The first-order valence-electron chi connectivity index (χ1n) is 7.07. The fourth-order valence-corrected chi connectivity index (χ4v) is 2.91. The van der Waals surface area contributed by atoms with Crippen molar-refractivity contribution >= 4 is 11.3 Å². The van der Waals surface area contributed by atoms with Crippen LogP contribution in [0.15, 0.2) is 29.2 Å². The maximum Gasteiger partial charge on any atom is 0.0522 e. The van der Waals surface area contributed by atoms with Gasteiger partial charge in [0.15, 0.2) is 0 Å². The molecule has 0 bridgehead atoms. The van der Waals surface area contributed by atoms with Crippen LogP contribution in [-0.2, 0) is 19.4 Å². The SMILES string of the molecule is CCCNC(Cc1ccsc1)Cc1cnn(CC)c1. The third-order valence-corrected chi connectivity index (χ3v) is 3.97. The Morgan fingerprint density at radius 3 is 2.79 bits per heavy atom. The summed E-state index contributed by atoms with van der Waals surface area (Å²) in [7, 11) is 0. The number of thiophene rings is 1. The molecule has 104 valence electrons. The van der Waals surface area contributed by atoms with Gasteiger partial charge in [-0.1, -0.05) is 6.92 Å². The van der Waals surface area contributed by atoms with Gasteiger partial charge in [-0.05, 0) is 60.7 Å². The summed E-state index contributed by atoms with van der Waals surface area (Å²) in [5, 5.41) is 12.4. The zero-order valence-corrected chi connectivity index (χ0v) is 12.6. The summed E-state index contributed by atoms with van der Waals surface area (Å²) < 4.78 is 2.00. The predicted molar refractivity (Wildman–Crippen MR) is 81.7 cm³/mol. The third-order valence-electron chi connectivity index (χ3n) is 3.24. The highest BCUT2D eigenvalue weighted by Gasteiger charge is 2.11. The van der Waals surface area contributed by atoms with E-state index in [9.17, 15) is 0 Å². The molecule has 0 fully saturated rings. The predicted octanol–water partition coefficient (Wildman–Crippen LogP) is 3.12. The van der Waals surface area contributed by atoms with Crippen LogP contribution in [0.5, 0.6) is 0 Å².